The second-order valence-electron chi connectivity index (χ2n) is 6.77. The van der Waals surface area contributed by atoms with Gasteiger partial charge < -0.3 is 9.42 Å². The normalized spacial score (nSPS) is 17.8. The van der Waals surface area contributed by atoms with Crippen molar-refractivity contribution in [2.24, 2.45) is 0 Å². The van der Waals surface area contributed by atoms with Crippen LogP contribution in [0.4, 0.5) is 0 Å². The summed E-state index contributed by atoms with van der Waals surface area (Å²) >= 11 is 0. The molecule has 3 aromatic heterocycles. The Kier molecular flexibility index (Phi) is 4.10. The van der Waals surface area contributed by atoms with E-state index < -0.39 is 0 Å². The fourth-order valence-electron chi connectivity index (χ4n) is 3.48. The molecule has 0 bridgehead atoms. The van der Waals surface area contributed by atoms with Gasteiger partial charge in [0.05, 0.1) is 5.69 Å². The van der Waals surface area contributed by atoms with Crippen LogP contribution in [0, 0.1) is 6.92 Å². The van der Waals surface area contributed by atoms with Gasteiger partial charge in [-0.15, -0.1) is 0 Å². The van der Waals surface area contributed by atoms with Gasteiger partial charge in [0.25, 0.3) is 11.5 Å². The summed E-state index contributed by atoms with van der Waals surface area (Å²) < 4.78 is 6.57. The average Bonchev–Trinajstić information content (AvgIpc) is 3.27. The molecule has 0 spiro atoms. The molecular weight excluding hydrogens is 334 g/mol. The van der Waals surface area contributed by atoms with Gasteiger partial charge >= 0.3 is 0 Å². The van der Waals surface area contributed by atoms with Gasteiger partial charge in [0, 0.05) is 48.6 Å². The van der Waals surface area contributed by atoms with E-state index in [-0.39, 0.29) is 23.1 Å². The number of piperidine rings is 1. The van der Waals surface area contributed by atoms with E-state index in [4.69, 9.17) is 4.52 Å². The molecule has 0 unspecified atom stereocenters. The number of hydrogen-bond donors (Lipinski definition) is 1. The zero-order valence-electron chi connectivity index (χ0n) is 14.9. The Labute approximate surface area is 149 Å². The van der Waals surface area contributed by atoms with Crippen molar-refractivity contribution in [1.29, 1.82) is 0 Å². The lowest BCUT2D eigenvalue weighted by atomic mass is 9.94. The van der Waals surface area contributed by atoms with Crippen molar-refractivity contribution in [2.75, 3.05) is 13.1 Å². The van der Waals surface area contributed by atoms with E-state index in [0.717, 1.165) is 24.2 Å². The lowest BCUT2D eigenvalue weighted by Gasteiger charge is -2.31. The van der Waals surface area contributed by atoms with Gasteiger partial charge in [-0.25, -0.2) is 9.50 Å². The van der Waals surface area contributed by atoms with Crippen LogP contribution in [0.25, 0.3) is 5.65 Å². The van der Waals surface area contributed by atoms with Crippen molar-refractivity contribution in [3.8, 4) is 0 Å². The third-order valence-electron chi connectivity index (χ3n) is 4.87. The second-order valence-corrected chi connectivity index (χ2v) is 6.77. The number of aromatic amines is 1. The molecule has 26 heavy (non-hydrogen) atoms. The van der Waals surface area contributed by atoms with Crippen LogP contribution < -0.4 is 5.56 Å². The molecule has 3 aromatic rings. The Morgan fingerprint density at radius 2 is 2.23 bits per heavy atom. The number of rotatable bonds is 3. The first-order chi connectivity index (χ1) is 12.5. The molecule has 4 rings (SSSR count). The van der Waals surface area contributed by atoms with Crippen molar-refractivity contribution in [3.63, 3.8) is 0 Å². The molecule has 1 N–H and O–H groups in total. The van der Waals surface area contributed by atoms with Crippen LogP contribution >= 0.6 is 0 Å². The van der Waals surface area contributed by atoms with E-state index in [1.165, 1.54) is 4.52 Å². The molecule has 0 aromatic carbocycles. The predicted octanol–water partition coefficient (Wildman–Crippen LogP) is 1.90. The van der Waals surface area contributed by atoms with Gasteiger partial charge in [0.2, 0.25) is 5.76 Å². The van der Waals surface area contributed by atoms with Gasteiger partial charge in [-0.1, -0.05) is 12.1 Å². The first-order valence-electron chi connectivity index (χ1n) is 8.89. The first kappa shape index (κ1) is 16.6. The molecule has 0 saturated carbocycles. The van der Waals surface area contributed by atoms with Gasteiger partial charge in [-0.05, 0) is 26.2 Å². The number of nitrogens with zero attached hydrogens (tertiary/aromatic N) is 4. The molecule has 8 heteroatoms. The van der Waals surface area contributed by atoms with Crippen molar-refractivity contribution < 1.29 is 9.32 Å². The van der Waals surface area contributed by atoms with Crippen molar-refractivity contribution in [1.82, 2.24) is 24.7 Å². The number of nitrogens with one attached hydrogen (secondary N) is 1. The Hall–Kier alpha value is -2.90. The van der Waals surface area contributed by atoms with Crippen molar-refractivity contribution >= 4 is 11.6 Å². The summed E-state index contributed by atoms with van der Waals surface area (Å²) in [4.78, 5) is 31.1. The van der Waals surface area contributed by atoms with E-state index in [2.05, 4.69) is 15.2 Å². The molecule has 1 fully saturated rings. The summed E-state index contributed by atoms with van der Waals surface area (Å²) in [6.07, 6.45) is 2.55. The minimum absolute atomic E-state index is 0.112. The molecule has 1 aliphatic heterocycles. The van der Waals surface area contributed by atoms with E-state index in [9.17, 15) is 9.59 Å². The van der Waals surface area contributed by atoms with E-state index in [0.29, 0.717) is 30.9 Å². The zero-order valence-corrected chi connectivity index (χ0v) is 14.9. The average molecular weight is 355 g/mol. The minimum atomic E-state index is -0.144. The Morgan fingerprint density at radius 3 is 2.96 bits per heavy atom. The fourth-order valence-corrected chi connectivity index (χ4v) is 3.48. The molecule has 136 valence electrons. The Morgan fingerprint density at radius 1 is 1.38 bits per heavy atom. The number of H-pyrrole nitrogens is 1. The molecule has 0 aliphatic carbocycles. The van der Waals surface area contributed by atoms with Gasteiger partial charge in [0.1, 0.15) is 0 Å². The largest absolute Gasteiger partial charge is 0.351 e. The number of carbonyl (C=O) groups is 1. The highest BCUT2D eigenvalue weighted by Crippen LogP contribution is 2.27. The smallest absolute Gasteiger partial charge is 0.292 e. The van der Waals surface area contributed by atoms with Crippen LogP contribution in [-0.4, -0.2) is 43.7 Å². The predicted molar refractivity (Wildman–Crippen MR) is 94.3 cm³/mol. The standard InChI is InChI=1S/C18H21N5O3/c1-3-13-8-17(24)23-16(19-13)9-14(20-23)12-5-4-6-22(10-12)18(25)15-7-11(2)21-26-15/h7-9,12,20H,3-6,10H2,1-2H3/t12-/m0/s1. The van der Waals surface area contributed by atoms with Crippen molar-refractivity contribution in [2.45, 2.75) is 39.0 Å². The second kappa shape index (κ2) is 6.44. The molecular formula is C18H21N5O3. The summed E-state index contributed by atoms with van der Waals surface area (Å²) in [6.45, 7) is 5.02. The quantitative estimate of drug-likeness (QED) is 0.774. The SMILES string of the molecule is CCc1cc(=O)n2[nH]c([C@H]3CCCN(C(=O)c4cc(C)no4)C3)cc2n1. The van der Waals surface area contributed by atoms with Crippen LogP contribution in [0.3, 0.4) is 0 Å². The number of carbonyl (C=O) groups excluding carboxylic acids is 1. The molecule has 0 radical (unpaired) electrons. The van der Waals surface area contributed by atoms with E-state index in [1.807, 2.05) is 13.0 Å². The number of amides is 1. The number of aryl methyl sites for hydroxylation is 2. The molecule has 8 nitrogen and oxygen atoms in total. The van der Waals surface area contributed by atoms with Gasteiger partial charge in [-0.2, -0.15) is 0 Å². The summed E-state index contributed by atoms with van der Waals surface area (Å²) in [5.74, 6) is 0.253. The summed E-state index contributed by atoms with van der Waals surface area (Å²) in [6, 6.07) is 5.12. The number of fused-ring (bicyclic) bond motifs is 1. The summed E-state index contributed by atoms with van der Waals surface area (Å²) in [7, 11) is 0. The number of aromatic nitrogens is 4. The Balaban J connectivity index is 1.60. The molecule has 4 heterocycles. The maximum absolute atomic E-state index is 12.6. The zero-order chi connectivity index (χ0) is 18.3. The topological polar surface area (TPSA) is 96.5 Å². The maximum atomic E-state index is 12.6. The van der Waals surface area contributed by atoms with Gasteiger partial charge in [-0.3, -0.25) is 14.7 Å². The third kappa shape index (κ3) is 2.91. The lowest BCUT2D eigenvalue weighted by Crippen LogP contribution is -2.39. The first-order valence-corrected chi connectivity index (χ1v) is 8.89. The summed E-state index contributed by atoms with van der Waals surface area (Å²) in [5.41, 5.74) is 2.91. The third-order valence-corrected chi connectivity index (χ3v) is 4.87. The van der Waals surface area contributed by atoms with Crippen LogP contribution in [0.15, 0.2) is 27.5 Å². The highest BCUT2D eigenvalue weighted by Gasteiger charge is 2.28. The van der Waals surface area contributed by atoms with Gasteiger partial charge in [0.15, 0.2) is 5.65 Å². The summed E-state index contributed by atoms with van der Waals surface area (Å²) in [5, 5.41) is 6.95. The van der Waals surface area contributed by atoms with Crippen molar-refractivity contribution in [3.05, 3.63) is 51.4 Å². The minimum Gasteiger partial charge on any atom is -0.351 e. The monoisotopic (exact) mass is 355 g/mol. The van der Waals surface area contributed by atoms with E-state index in [1.54, 1.807) is 24.0 Å². The molecule has 1 atom stereocenters. The van der Waals surface area contributed by atoms with Crippen LogP contribution in [0.5, 0.6) is 0 Å². The van der Waals surface area contributed by atoms with E-state index >= 15 is 0 Å². The lowest BCUT2D eigenvalue weighted by molar-refractivity contribution is 0.0663. The fraction of sp³-hybridized carbons (Fsp3) is 0.444. The Bertz CT molecular complexity index is 1020. The highest BCUT2D eigenvalue weighted by atomic mass is 16.5. The number of likely N-dealkylation sites (tertiary alicyclic amines) is 1. The number of hydrogen-bond acceptors (Lipinski definition) is 5. The molecule has 1 amide bonds. The highest BCUT2D eigenvalue weighted by molar-refractivity contribution is 5.91. The maximum Gasteiger partial charge on any atom is 0.292 e. The molecule has 1 aliphatic rings. The molecule has 1 saturated heterocycles. The van der Waals surface area contributed by atoms with Crippen LogP contribution in [-0.2, 0) is 6.42 Å². The van der Waals surface area contributed by atoms with Crippen LogP contribution in [0.2, 0.25) is 0 Å². The van der Waals surface area contributed by atoms with Crippen LogP contribution in [0.1, 0.15) is 53.3 Å².